The standard InChI is InChI=1S/C13H19BrIN/c1-11(2)16(9-3-8-14)10-12-4-6-13(15)7-5-12/h4-7,11H,3,8-10H2,1-2H3. The molecule has 0 aliphatic carbocycles. The van der Waals surface area contributed by atoms with Crippen LogP contribution in [0.15, 0.2) is 24.3 Å². The first kappa shape index (κ1) is 14.5. The summed E-state index contributed by atoms with van der Waals surface area (Å²) in [6, 6.07) is 9.42. The number of halogens is 2. The number of alkyl halides is 1. The third-order valence-corrected chi connectivity index (χ3v) is 3.89. The van der Waals surface area contributed by atoms with Gasteiger partial charge < -0.3 is 0 Å². The Morgan fingerprint density at radius 2 is 1.88 bits per heavy atom. The molecule has 16 heavy (non-hydrogen) atoms. The zero-order valence-corrected chi connectivity index (χ0v) is 13.7. The zero-order valence-electron chi connectivity index (χ0n) is 9.92. The first-order chi connectivity index (χ1) is 7.63. The van der Waals surface area contributed by atoms with Gasteiger partial charge in [-0.2, -0.15) is 0 Å². The Kier molecular flexibility index (Phi) is 6.92. The van der Waals surface area contributed by atoms with Crippen LogP contribution in [0.3, 0.4) is 0 Å². The van der Waals surface area contributed by atoms with E-state index in [1.54, 1.807) is 0 Å². The van der Waals surface area contributed by atoms with Gasteiger partial charge in [0, 0.05) is 21.5 Å². The Balaban J connectivity index is 2.57. The molecule has 0 N–H and O–H groups in total. The summed E-state index contributed by atoms with van der Waals surface area (Å²) < 4.78 is 1.30. The van der Waals surface area contributed by atoms with Crippen molar-refractivity contribution in [2.24, 2.45) is 0 Å². The van der Waals surface area contributed by atoms with Crippen LogP contribution in [0.1, 0.15) is 25.8 Å². The molecule has 0 atom stereocenters. The highest BCUT2D eigenvalue weighted by Gasteiger charge is 2.09. The van der Waals surface area contributed by atoms with Crippen LogP contribution in [0, 0.1) is 3.57 Å². The largest absolute Gasteiger partial charge is 0.297 e. The number of hydrogen-bond donors (Lipinski definition) is 0. The second kappa shape index (κ2) is 7.67. The van der Waals surface area contributed by atoms with Crippen LogP contribution < -0.4 is 0 Å². The van der Waals surface area contributed by atoms with Crippen molar-refractivity contribution in [1.29, 1.82) is 0 Å². The molecule has 0 unspecified atom stereocenters. The summed E-state index contributed by atoms with van der Waals surface area (Å²) in [7, 11) is 0. The summed E-state index contributed by atoms with van der Waals surface area (Å²) in [5, 5.41) is 1.09. The molecular formula is C13H19BrIN. The second-order valence-corrected chi connectivity index (χ2v) is 6.27. The van der Waals surface area contributed by atoms with E-state index in [1.165, 1.54) is 15.6 Å². The molecule has 0 aliphatic heterocycles. The van der Waals surface area contributed by atoms with Gasteiger partial charge in [-0.1, -0.05) is 28.1 Å². The summed E-state index contributed by atoms with van der Waals surface area (Å²) in [5.41, 5.74) is 1.41. The number of benzene rings is 1. The molecule has 0 saturated carbocycles. The van der Waals surface area contributed by atoms with Crippen molar-refractivity contribution in [3.05, 3.63) is 33.4 Å². The fraction of sp³-hybridized carbons (Fsp3) is 0.538. The average Bonchev–Trinajstić information content (AvgIpc) is 2.26. The van der Waals surface area contributed by atoms with Crippen molar-refractivity contribution >= 4 is 38.5 Å². The normalized spacial score (nSPS) is 11.4. The molecule has 0 bridgehead atoms. The monoisotopic (exact) mass is 395 g/mol. The number of rotatable bonds is 6. The van der Waals surface area contributed by atoms with Crippen LogP contribution in [-0.2, 0) is 6.54 Å². The smallest absolute Gasteiger partial charge is 0.0236 e. The molecule has 0 radical (unpaired) electrons. The quantitative estimate of drug-likeness (QED) is 0.513. The highest BCUT2D eigenvalue weighted by atomic mass is 127. The third kappa shape index (κ3) is 5.15. The van der Waals surface area contributed by atoms with E-state index in [-0.39, 0.29) is 0 Å². The maximum absolute atomic E-state index is 3.49. The minimum atomic E-state index is 0.610. The van der Waals surface area contributed by atoms with Crippen molar-refractivity contribution < 1.29 is 0 Å². The summed E-state index contributed by atoms with van der Waals surface area (Å²) in [6.07, 6.45) is 1.21. The molecule has 0 amide bonds. The zero-order chi connectivity index (χ0) is 12.0. The van der Waals surface area contributed by atoms with Crippen molar-refractivity contribution in [3.8, 4) is 0 Å². The Morgan fingerprint density at radius 3 is 2.38 bits per heavy atom. The van der Waals surface area contributed by atoms with Crippen molar-refractivity contribution in [2.75, 3.05) is 11.9 Å². The molecule has 0 fully saturated rings. The van der Waals surface area contributed by atoms with Gasteiger partial charge in [-0.3, -0.25) is 4.90 Å². The third-order valence-electron chi connectivity index (χ3n) is 2.61. The van der Waals surface area contributed by atoms with Crippen LogP contribution >= 0.6 is 38.5 Å². The molecular weight excluding hydrogens is 377 g/mol. The molecule has 0 aliphatic rings. The van der Waals surface area contributed by atoms with Gasteiger partial charge in [0.15, 0.2) is 0 Å². The summed E-state index contributed by atoms with van der Waals surface area (Å²) >= 11 is 5.84. The highest BCUT2D eigenvalue weighted by Crippen LogP contribution is 2.12. The lowest BCUT2D eigenvalue weighted by Gasteiger charge is -2.26. The fourth-order valence-electron chi connectivity index (χ4n) is 1.61. The molecule has 0 heterocycles. The summed E-state index contributed by atoms with van der Waals surface area (Å²) in [5.74, 6) is 0. The Hall–Kier alpha value is 0.390. The molecule has 0 spiro atoms. The Labute approximate surface area is 121 Å². The van der Waals surface area contributed by atoms with Gasteiger partial charge in [0.2, 0.25) is 0 Å². The van der Waals surface area contributed by atoms with Crippen LogP contribution in [0.25, 0.3) is 0 Å². The van der Waals surface area contributed by atoms with Gasteiger partial charge in [-0.05, 0) is 67.1 Å². The lowest BCUT2D eigenvalue weighted by molar-refractivity contribution is 0.214. The molecule has 1 aromatic carbocycles. The van der Waals surface area contributed by atoms with E-state index in [0.29, 0.717) is 6.04 Å². The molecule has 1 nitrogen and oxygen atoms in total. The van der Waals surface area contributed by atoms with Crippen LogP contribution in [-0.4, -0.2) is 22.8 Å². The van der Waals surface area contributed by atoms with E-state index in [1.807, 2.05) is 0 Å². The molecule has 3 heteroatoms. The van der Waals surface area contributed by atoms with E-state index < -0.39 is 0 Å². The lowest BCUT2D eigenvalue weighted by atomic mass is 10.2. The van der Waals surface area contributed by atoms with E-state index in [4.69, 9.17) is 0 Å². The average molecular weight is 396 g/mol. The maximum atomic E-state index is 3.49. The SMILES string of the molecule is CC(C)N(CCCBr)Cc1ccc(I)cc1. The Morgan fingerprint density at radius 1 is 1.25 bits per heavy atom. The topological polar surface area (TPSA) is 3.24 Å². The molecule has 1 aromatic rings. The van der Waals surface area contributed by atoms with Crippen LogP contribution in [0.5, 0.6) is 0 Å². The van der Waals surface area contributed by atoms with Gasteiger partial charge in [-0.25, -0.2) is 0 Å². The van der Waals surface area contributed by atoms with Crippen molar-refractivity contribution in [3.63, 3.8) is 0 Å². The highest BCUT2D eigenvalue weighted by molar-refractivity contribution is 14.1. The van der Waals surface area contributed by atoms with E-state index in [2.05, 4.69) is 81.5 Å². The maximum Gasteiger partial charge on any atom is 0.0236 e. The minimum absolute atomic E-state index is 0.610. The van der Waals surface area contributed by atoms with Gasteiger partial charge >= 0.3 is 0 Å². The fourth-order valence-corrected chi connectivity index (χ4v) is 2.22. The van der Waals surface area contributed by atoms with E-state index in [9.17, 15) is 0 Å². The number of hydrogen-bond acceptors (Lipinski definition) is 1. The lowest BCUT2D eigenvalue weighted by Crippen LogP contribution is -2.31. The van der Waals surface area contributed by atoms with Crippen LogP contribution in [0.4, 0.5) is 0 Å². The predicted molar refractivity (Wildman–Crippen MR) is 83.1 cm³/mol. The number of nitrogens with zero attached hydrogens (tertiary/aromatic N) is 1. The first-order valence-corrected chi connectivity index (χ1v) is 7.88. The molecule has 0 aromatic heterocycles. The summed E-state index contributed by atoms with van der Waals surface area (Å²) in [6.45, 7) is 6.75. The predicted octanol–water partition coefficient (Wildman–Crippen LogP) is 4.29. The molecule has 90 valence electrons. The minimum Gasteiger partial charge on any atom is -0.297 e. The van der Waals surface area contributed by atoms with Crippen LogP contribution in [0.2, 0.25) is 0 Å². The van der Waals surface area contributed by atoms with E-state index in [0.717, 1.165) is 18.4 Å². The van der Waals surface area contributed by atoms with Crippen molar-refractivity contribution in [2.45, 2.75) is 32.9 Å². The second-order valence-electron chi connectivity index (χ2n) is 4.23. The summed E-state index contributed by atoms with van der Waals surface area (Å²) in [4.78, 5) is 2.52. The van der Waals surface area contributed by atoms with Gasteiger partial charge in [0.1, 0.15) is 0 Å². The van der Waals surface area contributed by atoms with Crippen molar-refractivity contribution in [1.82, 2.24) is 4.90 Å². The Bertz CT molecular complexity index is 297. The molecule has 0 saturated heterocycles. The van der Waals surface area contributed by atoms with Gasteiger partial charge in [-0.15, -0.1) is 0 Å². The van der Waals surface area contributed by atoms with Gasteiger partial charge in [0.05, 0.1) is 0 Å². The van der Waals surface area contributed by atoms with E-state index >= 15 is 0 Å². The van der Waals surface area contributed by atoms with Gasteiger partial charge in [0.25, 0.3) is 0 Å². The molecule has 1 rings (SSSR count). The first-order valence-electron chi connectivity index (χ1n) is 5.68.